The Hall–Kier alpha value is -4.76. The second kappa shape index (κ2) is 12.3. The third kappa shape index (κ3) is 7.15. The minimum Gasteiger partial charge on any atom is -0.319 e. The molecule has 0 aliphatic carbocycles. The number of fused-ring (bicyclic) bond motifs is 1. The van der Waals surface area contributed by atoms with Crippen molar-refractivity contribution in [3.05, 3.63) is 115 Å². The van der Waals surface area contributed by atoms with E-state index < -0.39 is 59.9 Å². The van der Waals surface area contributed by atoms with E-state index in [0.29, 0.717) is 23.4 Å². The van der Waals surface area contributed by atoms with Crippen molar-refractivity contribution < 1.29 is 44.0 Å². The molecule has 1 heterocycles. The van der Waals surface area contributed by atoms with Crippen LogP contribution in [0.3, 0.4) is 0 Å². The van der Waals surface area contributed by atoms with E-state index in [1.807, 2.05) is 53.1 Å². The highest BCUT2D eigenvalue weighted by Gasteiger charge is 2.44. The number of sulfonamides is 1. The van der Waals surface area contributed by atoms with E-state index in [-0.39, 0.29) is 4.47 Å². The first-order chi connectivity index (χ1) is 21.2. The Morgan fingerprint density at radius 2 is 1.42 bits per heavy atom. The van der Waals surface area contributed by atoms with Gasteiger partial charge < -0.3 is 9.40 Å². The number of para-hydroxylation sites is 2. The lowest BCUT2D eigenvalue weighted by atomic mass is 10.2. The van der Waals surface area contributed by atoms with Crippen molar-refractivity contribution in [2.24, 2.45) is 0 Å². The zero-order chi connectivity index (χ0) is 32.4. The maximum Gasteiger partial charge on any atom is 0.493 e. The Morgan fingerprint density at radius 3 is 2.07 bits per heavy atom. The number of carbonyl (C=O) groups is 1. The number of halogens is 4. The van der Waals surface area contributed by atoms with Gasteiger partial charge in [0.1, 0.15) is 11.6 Å². The lowest BCUT2D eigenvalue weighted by Crippen LogP contribution is -2.40. The van der Waals surface area contributed by atoms with E-state index >= 15 is 0 Å². The van der Waals surface area contributed by atoms with Gasteiger partial charge in [-0.25, -0.2) is 31.0 Å². The molecule has 0 N–H and O–H groups in total. The predicted octanol–water partition coefficient (Wildman–Crippen LogP) is 5.52. The number of alkyl halides is 3. The molecule has 0 aliphatic heterocycles. The molecule has 0 saturated carbocycles. The molecule has 0 spiro atoms. The quantitative estimate of drug-likeness (QED) is 0.110. The molecule has 45 heavy (non-hydrogen) atoms. The summed E-state index contributed by atoms with van der Waals surface area (Å²) in [5, 5.41) is 0. The van der Waals surface area contributed by atoms with Crippen LogP contribution in [-0.2, 0) is 36.0 Å². The van der Waals surface area contributed by atoms with Gasteiger partial charge in [0.05, 0.1) is 33.1 Å². The van der Waals surface area contributed by atoms with Crippen LogP contribution in [0.15, 0.2) is 108 Å². The number of benzene rings is 4. The minimum atomic E-state index is -5.56. The molecule has 0 unspecified atom stereocenters. The van der Waals surface area contributed by atoms with Crippen LogP contribution in [0.4, 0.5) is 23.2 Å². The number of carbonyl (C=O) groups excluding carboxylic acids is 1. The highest BCUT2D eigenvalue weighted by Crippen LogP contribution is 2.30. The maximum atomic E-state index is 13.2. The van der Waals surface area contributed by atoms with Crippen LogP contribution in [0, 0.1) is 5.82 Å². The predicted molar refractivity (Wildman–Crippen MR) is 158 cm³/mol. The number of imidazole rings is 1. The Bertz CT molecular complexity index is 2050. The molecular weight excluding hydrogens is 638 g/mol. The molecule has 0 saturated heterocycles. The summed E-state index contributed by atoms with van der Waals surface area (Å²) in [5.74, 6) is -5.44. The van der Waals surface area contributed by atoms with Gasteiger partial charge in [0, 0.05) is 12.1 Å². The fourth-order valence-corrected chi connectivity index (χ4v) is 7.71. The average molecular weight is 662 g/mol. The first kappa shape index (κ1) is 31.7. The summed E-state index contributed by atoms with van der Waals surface area (Å²) in [4.78, 5) is 20.3. The van der Waals surface area contributed by atoms with Crippen LogP contribution in [0.25, 0.3) is 22.4 Å². The number of anilines is 1. The highest BCUT2D eigenvalue weighted by atomic mass is 32.2. The van der Waals surface area contributed by atoms with Gasteiger partial charge in [0.2, 0.25) is 0 Å². The van der Waals surface area contributed by atoms with Crippen LogP contribution in [0.1, 0.15) is 5.56 Å². The molecule has 0 bridgehead atoms. The second-order valence-electron chi connectivity index (χ2n) is 9.74. The van der Waals surface area contributed by atoms with Gasteiger partial charge >= 0.3 is 12.1 Å². The summed E-state index contributed by atoms with van der Waals surface area (Å²) >= 11 is 0. The lowest BCUT2D eigenvalue weighted by Gasteiger charge is -2.23. The molecule has 0 amide bonds. The summed E-state index contributed by atoms with van der Waals surface area (Å²) in [6, 6.07) is 25.3. The Morgan fingerprint density at radius 1 is 0.800 bits per heavy atom. The SMILES string of the molecule is O=C(ON(c1ccc(-c2nc3ccccc3n2Cc2ccccc2)cc1)S(=O)(=O)CCS(=O)(=O)c1ccc(F)cc1)C(F)(F)F. The molecule has 234 valence electrons. The third-order valence-corrected chi connectivity index (χ3v) is 10.1. The van der Waals surface area contributed by atoms with Gasteiger partial charge in [-0.3, -0.25) is 0 Å². The lowest BCUT2D eigenvalue weighted by molar-refractivity contribution is -0.199. The van der Waals surface area contributed by atoms with Crippen molar-refractivity contribution in [1.82, 2.24) is 9.55 Å². The maximum absolute atomic E-state index is 13.2. The number of hydrogen-bond donors (Lipinski definition) is 0. The van der Waals surface area contributed by atoms with Crippen LogP contribution >= 0.6 is 0 Å². The summed E-state index contributed by atoms with van der Waals surface area (Å²) in [7, 11) is -9.33. The fourth-order valence-electron chi connectivity index (χ4n) is 4.41. The summed E-state index contributed by atoms with van der Waals surface area (Å²) in [6.45, 7) is 0.421. The van der Waals surface area contributed by atoms with Crippen molar-refractivity contribution in [1.29, 1.82) is 0 Å². The van der Waals surface area contributed by atoms with Gasteiger partial charge in [-0.15, -0.1) is 0 Å². The average Bonchev–Trinajstić information content (AvgIpc) is 3.37. The zero-order valence-electron chi connectivity index (χ0n) is 23.1. The molecule has 0 aliphatic rings. The van der Waals surface area contributed by atoms with Crippen molar-refractivity contribution in [2.45, 2.75) is 17.6 Å². The van der Waals surface area contributed by atoms with Gasteiger partial charge in [0.25, 0.3) is 10.0 Å². The van der Waals surface area contributed by atoms with Crippen LogP contribution in [0.5, 0.6) is 0 Å². The third-order valence-electron chi connectivity index (χ3n) is 6.61. The van der Waals surface area contributed by atoms with E-state index in [0.717, 1.165) is 47.5 Å². The largest absolute Gasteiger partial charge is 0.493 e. The molecule has 15 heteroatoms. The zero-order valence-corrected chi connectivity index (χ0v) is 24.7. The van der Waals surface area contributed by atoms with Crippen molar-refractivity contribution in [2.75, 3.05) is 16.0 Å². The Balaban J connectivity index is 1.48. The monoisotopic (exact) mass is 661 g/mol. The second-order valence-corrected chi connectivity index (χ2v) is 13.7. The first-order valence-electron chi connectivity index (χ1n) is 13.1. The minimum absolute atomic E-state index is 0.250. The highest BCUT2D eigenvalue weighted by molar-refractivity contribution is 7.95. The van der Waals surface area contributed by atoms with Gasteiger partial charge in [-0.2, -0.15) is 13.2 Å². The molecular formula is C30H23F4N3O6S2. The Labute approximate surface area is 255 Å². The number of sulfone groups is 1. The van der Waals surface area contributed by atoms with Gasteiger partial charge in [0.15, 0.2) is 9.84 Å². The van der Waals surface area contributed by atoms with Crippen LogP contribution < -0.4 is 4.47 Å². The van der Waals surface area contributed by atoms with Crippen LogP contribution in [-0.4, -0.2) is 50.0 Å². The molecule has 5 aromatic rings. The van der Waals surface area contributed by atoms with Crippen LogP contribution in [0.2, 0.25) is 0 Å². The number of nitrogens with zero attached hydrogens (tertiary/aromatic N) is 3. The molecule has 4 aromatic carbocycles. The smallest absolute Gasteiger partial charge is 0.319 e. The van der Waals surface area contributed by atoms with E-state index in [1.165, 1.54) is 12.1 Å². The molecule has 1 aromatic heterocycles. The van der Waals surface area contributed by atoms with E-state index in [9.17, 15) is 39.2 Å². The standard InChI is InChI=1S/C30H23F4N3O6S2/c31-23-12-16-25(17-13-23)44(39,40)18-19-45(41,42)37(43-29(38)30(32,33)34)24-14-10-22(11-15-24)28-35-26-8-4-5-9-27(26)36(28)20-21-6-2-1-3-7-21/h1-17H,18-20H2. The van der Waals surface area contributed by atoms with E-state index in [4.69, 9.17) is 0 Å². The molecule has 0 fully saturated rings. The summed E-state index contributed by atoms with van der Waals surface area (Å²) in [5.41, 5.74) is 2.39. The number of aromatic nitrogens is 2. The van der Waals surface area contributed by atoms with Gasteiger partial charge in [-0.05, 0) is 66.2 Å². The number of hydrogen-bond acceptors (Lipinski definition) is 7. The normalized spacial score (nSPS) is 12.3. The van der Waals surface area contributed by atoms with E-state index in [2.05, 4.69) is 9.82 Å². The molecule has 9 nitrogen and oxygen atoms in total. The fraction of sp³-hybridized carbons (Fsp3) is 0.133. The first-order valence-corrected chi connectivity index (χ1v) is 16.4. The van der Waals surface area contributed by atoms with E-state index in [1.54, 1.807) is 6.07 Å². The van der Waals surface area contributed by atoms with Crippen molar-refractivity contribution >= 4 is 42.6 Å². The van der Waals surface area contributed by atoms with Crippen molar-refractivity contribution in [3.8, 4) is 11.4 Å². The summed E-state index contributed by atoms with van der Waals surface area (Å²) in [6.07, 6.45) is -5.56. The molecule has 0 radical (unpaired) electrons. The topological polar surface area (TPSA) is 116 Å². The summed E-state index contributed by atoms with van der Waals surface area (Å²) < 4.78 is 106. The Kier molecular flexibility index (Phi) is 8.67. The van der Waals surface area contributed by atoms with Gasteiger partial charge in [-0.1, -0.05) is 46.9 Å². The molecule has 5 rings (SSSR count). The molecule has 0 atom stereocenters. The number of rotatable bonds is 10. The van der Waals surface area contributed by atoms with Crippen molar-refractivity contribution in [3.63, 3.8) is 0 Å².